The van der Waals surface area contributed by atoms with Crippen LogP contribution in [0.1, 0.15) is 0 Å². The van der Waals surface area contributed by atoms with Crippen LogP contribution in [0.25, 0.3) is 0 Å². The first-order valence-electron chi connectivity index (χ1n) is 4.45. The van der Waals surface area contributed by atoms with E-state index in [0.717, 1.165) is 0 Å². The van der Waals surface area contributed by atoms with Gasteiger partial charge in [-0.3, -0.25) is 0 Å². The van der Waals surface area contributed by atoms with E-state index in [2.05, 4.69) is 0 Å². The monoisotopic (exact) mass is 368 g/mol. The molecule has 132 valence electrons. The van der Waals surface area contributed by atoms with Gasteiger partial charge in [-0.05, 0) is 0 Å². The van der Waals surface area contributed by atoms with E-state index in [0.29, 0.717) is 0 Å². The van der Waals surface area contributed by atoms with Crippen LogP contribution < -0.4 is 0 Å². The van der Waals surface area contributed by atoms with Crippen molar-refractivity contribution in [2.75, 3.05) is 0 Å². The Hall–Kier alpha value is -0.985. The van der Waals surface area contributed by atoms with Crippen molar-refractivity contribution in [2.45, 2.75) is 36.0 Å². The Morgan fingerprint density at radius 3 is 0.545 bits per heavy atom. The van der Waals surface area contributed by atoms with Gasteiger partial charge in [0, 0.05) is 0 Å². The normalized spacial score (nSPS) is 16.0. The molecule has 0 fully saturated rings. The fraction of sp³-hybridized carbons (Fsp3) is 1.00. The Morgan fingerprint density at radius 1 is 0.318 bits per heavy atom. The maximum absolute atomic E-state index is 12.6. The van der Waals surface area contributed by atoms with Gasteiger partial charge in [0.2, 0.25) is 0 Å². The summed E-state index contributed by atoms with van der Waals surface area (Å²) in [5.41, 5.74) is 0. The van der Waals surface area contributed by atoms with Crippen LogP contribution in [0.3, 0.4) is 0 Å². The molecule has 0 aromatic rings. The zero-order chi connectivity index (χ0) is 18.6. The minimum absolute atomic E-state index is 6.77. The van der Waals surface area contributed by atoms with Gasteiger partial charge in [-0.1, -0.05) is 0 Å². The van der Waals surface area contributed by atoms with E-state index in [-0.39, 0.29) is 0 Å². The highest BCUT2D eigenvalue weighted by Crippen LogP contribution is 2.55. The third-order valence-corrected chi connectivity index (χ3v) is 2.22. The molecule has 0 unspecified atom stereocenters. The van der Waals surface area contributed by atoms with E-state index in [1.54, 1.807) is 0 Å². The lowest BCUT2D eigenvalue weighted by atomic mass is 9.34. The summed E-state index contributed by atoms with van der Waals surface area (Å²) in [6.45, 7) is -6.77. The second-order valence-corrected chi connectivity index (χ2v) is 3.80. The van der Waals surface area contributed by atoms with Gasteiger partial charge in [-0.2, -0.15) is 39.5 Å². The van der Waals surface area contributed by atoms with Crippen LogP contribution >= 0.6 is 0 Å². The largest absolute Gasteiger partial charge is 0.444 e. The molecular formula is C6BF15. The van der Waals surface area contributed by atoms with Crippen LogP contribution in [0.15, 0.2) is 0 Å². The summed E-state index contributed by atoms with van der Waals surface area (Å²) in [5, 5.41) is 0. The lowest BCUT2D eigenvalue weighted by molar-refractivity contribution is -0.298. The van der Waals surface area contributed by atoms with Gasteiger partial charge >= 0.3 is 42.7 Å². The van der Waals surface area contributed by atoms with Gasteiger partial charge in [0.25, 0.3) is 0 Å². The maximum Gasteiger partial charge on any atom is 0.444 e. The topological polar surface area (TPSA) is 0 Å². The molecule has 0 N–H and O–H groups in total. The Morgan fingerprint density at radius 2 is 0.455 bits per heavy atom. The first kappa shape index (κ1) is 21.0. The van der Waals surface area contributed by atoms with Crippen LogP contribution in [0.4, 0.5) is 65.9 Å². The van der Waals surface area contributed by atoms with E-state index in [4.69, 9.17) is 0 Å². The zero-order valence-electron chi connectivity index (χ0n) is 9.25. The molecule has 16 heteroatoms. The molecule has 0 nitrogen and oxygen atoms in total. The van der Waals surface area contributed by atoms with Crippen molar-refractivity contribution in [3.63, 3.8) is 0 Å². The fourth-order valence-corrected chi connectivity index (χ4v) is 1.17. The standard InChI is InChI=1S/C6BF15/c8-1(9,4(14,15)16)7(2(10,11)5(17,18)19)3(12,13)6(20,21)22. The van der Waals surface area contributed by atoms with Gasteiger partial charge in [-0.25, -0.2) is 26.3 Å². The number of hydrogen-bond acceptors (Lipinski definition) is 0. The second kappa shape index (κ2) is 5.01. The van der Waals surface area contributed by atoms with Crippen molar-refractivity contribution in [1.29, 1.82) is 0 Å². The minimum atomic E-state index is -7.70. The van der Waals surface area contributed by atoms with Gasteiger partial charge in [0.05, 0.1) is 0 Å². The van der Waals surface area contributed by atoms with Crippen molar-refractivity contribution in [3.05, 3.63) is 0 Å². The summed E-state index contributed by atoms with van der Waals surface area (Å²) >= 11 is 0. The Labute approximate surface area is 110 Å². The highest BCUT2D eigenvalue weighted by Gasteiger charge is 2.89. The smallest absolute Gasteiger partial charge is 0.207 e. The van der Waals surface area contributed by atoms with E-state index in [1.807, 2.05) is 0 Å². The molecule has 0 saturated heterocycles. The highest BCUT2D eigenvalue weighted by molar-refractivity contribution is 6.67. The summed E-state index contributed by atoms with van der Waals surface area (Å²) in [6, 6.07) is 0. The molecule has 0 rings (SSSR count). The van der Waals surface area contributed by atoms with E-state index in [9.17, 15) is 65.9 Å². The number of alkyl halides is 15. The average Bonchev–Trinajstić information content (AvgIpc) is 2.09. The van der Waals surface area contributed by atoms with Crippen LogP contribution in [-0.2, 0) is 0 Å². The molecule has 0 bridgehead atoms. The number of hydrogen-bond donors (Lipinski definition) is 0. The highest BCUT2D eigenvalue weighted by atomic mass is 19.4. The van der Waals surface area contributed by atoms with Gasteiger partial charge in [0.1, 0.15) is 0 Å². The van der Waals surface area contributed by atoms with Crippen molar-refractivity contribution in [3.8, 4) is 0 Å². The minimum Gasteiger partial charge on any atom is -0.207 e. The predicted octanol–water partition coefficient (Wildman–Crippen LogP) is 4.69. The van der Waals surface area contributed by atoms with Crippen LogP contribution in [0.5, 0.6) is 0 Å². The molecule has 0 amide bonds. The lowest BCUT2D eigenvalue weighted by Gasteiger charge is -2.37. The van der Waals surface area contributed by atoms with Crippen molar-refractivity contribution in [1.82, 2.24) is 0 Å². The molecule has 0 aliphatic rings. The summed E-state index contributed by atoms with van der Waals surface area (Å²) in [6.07, 6.45) is -22.6. The summed E-state index contributed by atoms with van der Waals surface area (Å²) in [7, 11) is 0. The maximum atomic E-state index is 12.6. The summed E-state index contributed by atoms with van der Waals surface area (Å²) in [5.74, 6) is -23.1. The SMILES string of the molecule is FC(F)(F)C(F)(F)B(C(F)(F)C(F)(F)F)C(F)(F)C(F)(F)F. The fourth-order valence-electron chi connectivity index (χ4n) is 1.17. The molecule has 0 aromatic heterocycles. The van der Waals surface area contributed by atoms with Crippen LogP contribution in [-0.4, -0.2) is 42.7 Å². The van der Waals surface area contributed by atoms with Gasteiger partial charge in [-0.15, -0.1) is 0 Å². The summed E-state index contributed by atoms with van der Waals surface area (Å²) in [4.78, 5) is 0. The lowest BCUT2D eigenvalue weighted by Crippen LogP contribution is -2.74. The van der Waals surface area contributed by atoms with Crippen LogP contribution in [0.2, 0.25) is 0 Å². The van der Waals surface area contributed by atoms with Crippen molar-refractivity contribution >= 4 is 6.71 Å². The zero-order valence-corrected chi connectivity index (χ0v) is 9.25. The molecule has 0 aliphatic carbocycles. The van der Waals surface area contributed by atoms with Gasteiger partial charge in [0.15, 0.2) is 0 Å². The third kappa shape index (κ3) is 3.19. The molecule has 22 heavy (non-hydrogen) atoms. The van der Waals surface area contributed by atoms with Crippen molar-refractivity contribution < 1.29 is 65.9 Å². The Kier molecular flexibility index (Phi) is 4.78. The average molecular weight is 368 g/mol. The molecule has 0 heterocycles. The Bertz CT molecular complexity index is 334. The first-order chi connectivity index (χ1) is 9.12. The Balaban J connectivity index is 6.53. The van der Waals surface area contributed by atoms with E-state index in [1.165, 1.54) is 0 Å². The third-order valence-electron chi connectivity index (χ3n) is 2.22. The summed E-state index contributed by atoms with van der Waals surface area (Å²) < 4.78 is 181. The molecular weight excluding hydrogens is 368 g/mol. The van der Waals surface area contributed by atoms with Gasteiger partial charge < -0.3 is 0 Å². The first-order valence-corrected chi connectivity index (χ1v) is 4.45. The van der Waals surface area contributed by atoms with E-state index < -0.39 is 42.7 Å². The molecule has 0 aromatic carbocycles. The molecule has 0 saturated carbocycles. The molecule has 0 radical (unpaired) electrons. The quantitative estimate of drug-likeness (QED) is 0.501. The van der Waals surface area contributed by atoms with Crippen molar-refractivity contribution in [2.24, 2.45) is 0 Å². The second-order valence-electron chi connectivity index (χ2n) is 3.80. The molecule has 0 spiro atoms. The number of halogens is 15. The number of rotatable bonds is 3. The molecule has 0 atom stereocenters. The molecule has 0 aliphatic heterocycles. The predicted molar refractivity (Wildman–Crippen MR) is 38.8 cm³/mol. The van der Waals surface area contributed by atoms with Crippen LogP contribution in [0, 0.1) is 0 Å². The van der Waals surface area contributed by atoms with E-state index >= 15 is 0 Å².